The van der Waals surface area contributed by atoms with E-state index in [9.17, 15) is 22.0 Å². The van der Waals surface area contributed by atoms with E-state index in [-0.39, 0.29) is 37.8 Å². The number of sulfonamides is 1. The number of thiazole rings is 1. The minimum absolute atomic E-state index is 0.0732. The van der Waals surface area contributed by atoms with Crippen LogP contribution in [-0.2, 0) is 10.0 Å². The summed E-state index contributed by atoms with van der Waals surface area (Å²) < 4.78 is 59.7. The molecule has 1 aliphatic heterocycles. The molecule has 30 heavy (non-hydrogen) atoms. The molecule has 0 aliphatic carbocycles. The van der Waals surface area contributed by atoms with E-state index < -0.39 is 26.6 Å². The van der Waals surface area contributed by atoms with Crippen LogP contribution in [0.4, 0.5) is 8.78 Å². The van der Waals surface area contributed by atoms with E-state index in [1.807, 2.05) is 6.92 Å². The zero-order chi connectivity index (χ0) is 21.5. The fraction of sp³-hybridized carbons (Fsp3) is 0.263. The van der Waals surface area contributed by atoms with Crippen LogP contribution in [-0.4, -0.2) is 54.7 Å². The van der Waals surface area contributed by atoms with Crippen molar-refractivity contribution in [2.45, 2.75) is 11.8 Å². The van der Waals surface area contributed by atoms with Gasteiger partial charge in [0.2, 0.25) is 10.0 Å². The number of carbonyl (C=O) groups excluding carboxylic acids is 1. The van der Waals surface area contributed by atoms with Crippen molar-refractivity contribution in [3.05, 3.63) is 58.8 Å². The number of aryl methyl sites for hydroxylation is 1. The highest BCUT2D eigenvalue weighted by molar-refractivity contribution is 7.89. The summed E-state index contributed by atoms with van der Waals surface area (Å²) in [5, 5.41) is 2.19. The van der Waals surface area contributed by atoms with Crippen molar-refractivity contribution in [2.75, 3.05) is 26.2 Å². The summed E-state index contributed by atoms with van der Waals surface area (Å²) in [4.78, 5) is 17.5. The van der Waals surface area contributed by atoms with Gasteiger partial charge in [-0.25, -0.2) is 22.2 Å². The van der Waals surface area contributed by atoms with E-state index in [2.05, 4.69) is 4.98 Å². The first kappa shape index (κ1) is 20.6. The molecule has 1 saturated heterocycles. The highest BCUT2D eigenvalue weighted by Crippen LogP contribution is 2.27. The first-order valence-electron chi connectivity index (χ1n) is 9.03. The molecule has 0 unspecified atom stereocenters. The van der Waals surface area contributed by atoms with E-state index in [4.69, 9.17) is 4.42 Å². The Bertz CT molecular complexity index is 1180. The molecule has 2 aromatic heterocycles. The molecule has 0 atom stereocenters. The highest BCUT2D eigenvalue weighted by atomic mass is 32.2. The largest absolute Gasteiger partial charge is 0.459 e. The van der Waals surface area contributed by atoms with Gasteiger partial charge in [0.15, 0.2) is 15.7 Å². The van der Waals surface area contributed by atoms with Gasteiger partial charge in [-0.15, -0.1) is 11.3 Å². The first-order chi connectivity index (χ1) is 14.3. The van der Waals surface area contributed by atoms with Crippen LogP contribution in [0.25, 0.3) is 10.8 Å². The molecule has 11 heteroatoms. The van der Waals surface area contributed by atoms with E-state index in [0.717, 1.165) is 28.3 Å². The smallest absolute Gasteiger partial charge is 0.273 e. The minimum Gasteiger partial charge on any atom is -0.459 e. The summed E-state index contributed by atoms with van der Waals surface area (Å²) in [5.74, 6) is -1.32. The lowest BCUT2D eigenvalue weighted by Gasteiger charge is -2.33. The Labute approximate surface area is 175 Å². The van der Waals surface area contributed by atoms with E-state index in [0.29, 0.717) is 10.8 Å². The van der Waals surface area contributed by atoms with Gasteiger partial charge in [0.05, 0.1) is 0 Å². The molecule has 4 rings (SSSR count). The topological polar surface area (TPSA) is 83.7 Å². The van der Waals surface area contributed by atoms with Gasteiger partial charge in [0.25, 0.3) is 5.91 Å². The van der Waals surface area contributed by atoms with Crippen LogP contribution < -0.4 is 0 Å². The van der Waals surface area contributed by atoms with Crippen molar-refractivity contribution in [3.8, 4) is 10.8 Å². The van der Waals surface area contributed by atoms with Gasteiger partial charge < -0.3 is 9.32 Å². The van der Waals surface area contributed by atoms with Crippen molar-refractivity contribution < 1.29 is 26.4 Å². The van der Waals surface area contributed by atoms with E-state index >= 15 is 0 Å². The molecular formula is C19H17F2N3O4S2. The SMILES string of the molecule is Cc1ccc(-c2nc(C(=O)N3CCN(S(=O)(=O)c4c(F)cccc4F)CC3)cs2)o1. The Morgan fingerprint density at radius 3 is 2.37 bits per heavy atom. The maximum absolute atomic E-state index is 13.9. The van der Waals surface area contributed by atoms with Crippen molar-refractivity contribution in [3.63, 3.8) is 0 Å². The van der Waals surface area contributed by atoms with Crippen molar-refractivity contribution in [2.24, 2.45) is 0 Å². The number of aromatic nitrogens is 1. The molecule has 1 aliphatic rings. The Kier molecular flexibility index (Phi) is 5.43. The summed E-state index contributed by atoms with van der Waals surface area (Å²) in [7, 11) is -4.35. The van der Waals surface area contributed by atoms with Gasteiger partial charge in [0, 0.05) is 31.6 Å². The number of nitrogens with zero attached hydrogens (tertiary/aromatic N) is 3. The first-order valence-corrected chi connectivity index (χ1v) is 11.3. The summed E-state index contributed by atoms with van der Waals surface area (Å²) in [6, 6.07) is 6.47. The number of piperazine rings is 1. The number of rotatable bonds is 4. The number of benzene rings is 1. The van der Waals surface area contributed by atoms with Crippen molar-refractivity contribution in [1.29, 1.82) is 0 Å². The van der Waals surface area contributed by atoms with Gasteiger partial charge in [-0.05, 0) is 31.2 Å². The number of carbonyl (C=O) groups is 1. The zero-order valence-corrected chi connectivity index (χ0v) is 17.5. The number of hydrogen-bond donors (Lipinski definition) is 0. The maximum atomic E-state index is 13.9. The summed E-state index contributed by atoms with van der Waals surface area (Å²) in [6.45, 7) is 1.83. The normalized spacial score (nSPS) is 15.5. The molecule has 7 nitrogen and oxygen atoms in total. The van der Waals surface area contributed by atoms with Crippen molar-refractivity contribution in [1.82, 2.24) is 14.2 Å². The second-order valence-electron chi connectivity index (χ2n) is 6.70. The monoisotopic (exact) mass is 453 g/mol. The average Bonchev–Trinajstić information content (AvgIpc) is 3.36. The number of amides is 1. The van der Waals surface area contributed by atoms with Crippen LogP contribution in [0, 0.1) is 18.6 Å². The Balaban J connectivity index is 1.46. The van der Waals surface area contributed by atoms with Gasteiger partial charge >= 0.3 is 0 Å². The number of halogens is 2. The van der Waals surface area contributed by atoms with Crippen LogP contribution in [0.2, 0.25) is 0 Å². The average molecular weight is 453 g/mol. The third-order valence-electron chi connectivity index (χ3n) is 4.72. The molecular weight excluding hydrogens is 436 g/mol. The Morgan fingerprint density at radius 1 is 1.10 bits per heavy atom. The predicted octanol–water partition coefficient (Wildman–Crippen LogP) is 3.14. The summed E-state index contributed by atoms with van der Waals surface area (Å²) >= 11 is 1.27. The third-order valence-corrected chi connectivity index (χ3v) is 7.52. The highest BCUT2D eigenvalue weighted by Gasteiger charge is 2.34. The molecule has 0 N–H and O–H groups in total. The molecule has 0 spiro atoms. The molecule has 1 aromatic carbocycles. The fourth-order valence-electron chi connectivity index (χ4n) is 3.19. The van der Waals surface area contributed by atoms with Gasteiger partial charge in [0.1, 0.15) is 23.1 Å². The second-order valence-corrected chi connectivity index (χ2v) is 9.43. The molecule has 1 amide bonds. The van der Waals surface area contributed by atoms with Crippen LogP contribution in [0.1, 0.15) is 16.2 Å². The lowest BCUT2D eigenvalue weighted by Crippen LogP contribution is -2.50. The Hall–Kier alpha value is -2.63. The quantitative estimate of drug-likeness (QED) is 0.606. The molecule has 0 saturated carbocycles. The lowest BCUT2D eigenvalue weighted by atomic mass is 10.3. The predicted molar refractivity (Wildman–Crippen MR) is 106 cm³/mol. The maximum Gasteiger partial charge on any atom is 0.273 e. The Morgan fingerprint density at radius 2 is 1.77 bits per heavy atom. The van der Waals surface area contributed by atoms with Gasteiger partial charge in [-0.3, -0.25) is 4.79 Å². The van der Waals surface area contributed by atoms with Crippen LogP contribution in [0.15, 0.2) is 45.0 Å². The number of hydrogen-bond acceptors (Lipinski definition) is 6. The fourth-order valence-corrected chi connectivity index (χ4v) is 5.47. The van der Waals surface area contributed by atoms with Crippen LogP contribution in [0.5, 0.6) is 0 Å². The van der Waals surface area contributed by atoms with Gasteiger partial charge in [-0.2, -0.15) is 4.31 Å². The molecule has 0 radical (unpaired) electrons. The van der Waals surface area contributed by atoms with E-state index in [1.54, 1.807) is 17.5 Å². The van der Waals surface area contributed by atoms with Crippen molar-refractivity contribution >= 4 is 27.3 Å². The van der Waals surface area contributed by atoms with Gasteiger partial charge in [-0.1, -0.05) is 6.07 Å². The summed E-state index contributed by atoms with van der Waals surface area (Å²) in [6.07, 6.45) is 0. The number of furan rings is 1. The molecule has 3 aromatic rings. The lowest BCUT2D eigenvalue weighted by molar-refractivity contribution is 0.0692. The molecule has 1 fully saturated rings. The standard InChI is InChI=1S/C19H17F2N3O4S2/c1-12-5-6-16(28-12)18-22-15(11-29-18)19(25)23-7-9-24(10-8-23)30(26,27)17-13(20)3-2-4-14(17)21/h2-6,11H,7-10H2,1H3. The zero-order valence-electron chi connectivity index (χ0n) is 15.8. The second kappa shape index (κ2) is 7.89. The van der Waals surface area contributed by atoms with Crippen LogP contribution >= 0.6 is 11.3 Å². The third kappa shape index (κ3) is 3.75. The molecule has 0 bridgehead atoms. The molecule has 3 heterocycles. The van der Waals surface area contributed by atoms with E-state index in [1.165, 1.54) is 16.2 Å². The summed E-state index contributed by atoms with van der Waals surface area (Å²) in [5.41, 5.74) is 0.237. The van der Waals surface area contributed by atoms with Crippen LogP contribution in [0.3, 0.4) is 0 Å². The minimum atomic E-state index is -4.35. The molecule has 158 valence electrons.